The second-order valence-corrected chi connectivity index (χ2v) is 4.30. The van der Waals surface area contributed by atoms with Gasteiger partial charge in [-0.05, 0) is 38.5 Å². The molecule has 1 heteroatoms. The summed E-state index contributed by atoms with van der Waals surface area (Å²) in [7, 11) is 0. The summed E-state index contributed by atoms with van der Waals surface area (Å²) in [5.74, 6) is 0. The molecule has 0 N–H and O–H groups in total. The van der Waals surface area contributed by atoms with Crippen molar-refractivity contribution in [2.24, 2.45) is 0 Å². The fourth-order valence-electron chi connectivity index (χ4n) is 1.28. The lowest BCUT2D eigenvalue weighted by atomic mass is 10.2. The van der Waals surface area contributed by atoms with Crippen LogP contribution in [0.25, 0.3) is 12.2 Å². The molecule has 0 saturated heterocycles. The number of allylic oxidation sites excluding steroid dienone is 2. The van der Waals surface area contributed by atoms with Gasteiger partial charge in [0.1, 0.15) is 0 Å². The highest BCUT2D eigenvalue weighted by atomic mass is 32.1. The van der Waals surface area contributed by atoms with E-state index in [0.29, 0.717) is 0 Å². The molecule has 0 radical (unpaired) electrons. The molecule has 1 aromatic heterocycles. The Kier molecular flexibility index (Phi) is 3.49. The minimum Gasteiger partial charge on any atom is -0.141 e. The zero-order chi connectivity index (χ0) is 9.84. The Balaban J connectivity index is 3.51. The van der Waals surface area contributed by atoms with Crippen LogP contribution in [0.1, 0.15) is 24.3 Å². The molecule has 70 valence electrons. The SMILES string of the molecule is C\C=C/C=c1/c(C)c(C)s/c1=C/C. The predicted molar refractivity (Wildman–Crippen MR) is 62.5 cm³/mol. The van der Waals surface area contributed by atoms with Crippen molar-refractivity contribution in [2.75, 3.05) is 0 Å². The van der Waals surface area contributed by atoms with Crippen molar-refractivity contribution in [1.82, 2.24) is 0 Å². The fraction of sp³-hybridized carbons (Fsp3) is 0.333. The van der Waals surface area contributed by atoms with Crippen LogP contribution < -0.4 is 9.75 Å². The van der Waals surface area contributed by atoms with Crippen molar-refractivity contribution in [1.29, 1.82) is 0 Å². The van der Waals surface area contributed by atoms with Gasteiger partial charge in [-0.15, -0.1) is 11.3 Å². The maximum absolute atomic E-state index is 2.19. The van der Waals surface area contributed by atoms with Crippen molar-refractivity contribution in [3.63, 3.8) is 0 Å². The molecular weight excluding hydrogens is 176 g/mol. The summed E-state index contributed by atoms with van der Waals surface area (Å²) in [6.45, 7) is 8.51. The van der Waals surface area contributed by atoms with Gasteiger partial charge >= 0.3 is 0 Å². The van der Waals surface area contributed by atoms with E-state index in [1.165, 1.54) is 20.2 Å². The Morgan fingerprint density at radius 3 is 2.38 bits per heavy atom. The standard InChI is InChI=1S/C12H16S/c1-5-7-8-11-9(3)10(4)13-12(11)6-2/h5-8H,1-4H3/b7-5-,11-8-,12-6+. The summed E-state index contributed by atoms with van der Waals surface area (Å²) in [4.78, 5) is 1.42. The van der Waals surface area contributed by atoms with Crippen molar-refractivity contribution in [2.45, 2.75) is 27.7 Å². The van der Waals surface area contributed by atoms with Gasteiger partial charge in [-0.3, -0.25) is 0 Å². The van der Waals surface area contributed by atoms with E-state index in [-0.39, 0.29) is 0 Å². The number of rotatable bonds is 1. The molecule has 0 bridgehead atoms. The summed E-state index contributed by atoms with van der Waals surface area (Å²) in [6, 6.07) is 0. The van der Waals surface area contributed by atoms with Crippen LogP contribution in [0.4, 0.5) is 0 Å². The van der Waals surface area contributed by atoms with E-state index in [4.69, 9.17) is 0 Å². The van der Waals surface area contributed by atoms with Crippen LogP contribution >= 0.6 is 11.3 Å². The maximum atomic E-state index is 2.19. The highest BCUT2D eigenvalue weighted by molar-refractivity contribution is 7.09. The molecule has 13 heavy (non-hydrogen) atoms. The molecule has 0 spiro atoms. The average Bonchev–Trinajstić information content (AvgIpc) is 2.40. The molecule has 0 saturated carbocycles. The maximum Gasteiger partial charge on any atom is 0.0305 e. The van der Waals surface area contributed by atoms with Gasteiger partial charge in [-0.2, -0.15) is 0 Å². The van der Waals surface area contributed by atoms with Gasteiger partial charge < -0.3 is 0 Å². The van der Waals surface area contributed by atoms with Crippen molar-refractivity contribution in [3.05, 3.63) is 32.3 Å². The van der Waals surface area contributed by atoms with Crippen molar-refractivity contribution < 1.29 is 0 Å². The normalized spacial score (nSPS) is 14.8. The van der Waals surface area contributed by atoms with Crippen LogP contribution in [-0.2, 0) is 0 Å². The van der Waals surface area contributed by atoms with Gasteiger partial charge in [-0.25, -0.2) is 0 Å². The number of hydrogen-bond donors (Lipinski definition) is 0. The first-order chi connectivity index (χ1) is 6.20. The van der Waals surface area contributed by atoms with Crippen molar-refractivity contribution >= 4 is 23.5 Å². The second kappa shape index (κ2) is 4.43. The van der Waals surface area contributed by atoms with Crippen LogP contribution in [0, 0.1) is 13.8 Å². The van der Waals surface area contributed by atoms with Gasteiger partial charge in [0, 0.05) is 9.41 Å². The number of hydrogen-bond acceptors (Lipinski definition) is 1. The van der Waals surface area contributed by atoms with Crippen LogP contribution in [-0.4, -0.2) is 0 Å². The largest absolute Gasteiger partial charge is 0.141 e. The summed E-state index contributed by atoms with van der Waals surface area (Å²) < 4.78 is 1.38. The summed E-state index contributed by atoms with van der Waals surface area (Å²) in [5.41, 5.74) is 1.41. The van der Waals surface area contributed by atoms with Gasteiger partial charge in [0.2, 0.25) is 0 Å². The molecular formula is C12H16S. The Morgan fingerprint density at radius 1 is 1.15 bits per heavy atom. The number of aryl methyl sites for hydroxylation is 1. The van der Waals surface area contributed by atoms with Crippen LogP contribution in [0.3, 0.4) is 0 Å². The molecule has 0 amide bonds. The second-order valence-electron chi connectivity index (χ2n) is 3.04. The quantitative estimate of drug-likeness (QED) is 0.641. The highest BCUT2D eigenvalue weighted by Gasteiger charge is 1.97. The molecule has 0 aliphatic carbocycles. The van der Waals surface area contributed by atoms with E-state index in [2.05, 4.69) is 45.1 Å². The van der Waals surface area contributed by atoms with E-state index in [9.17, 15) is 0 Å². The molecule has 1 rings (SSSR count). The molecule has 0 aliphatic heterocycles. The first kappa shape index (κ1) is 10.3. The minimum atomic E-state index is 1.38. The molecule has 1 aromatic rings. The summed E-state index contributed by atoms with van der Waals surface area (Å²) in [5, 5.41) is 1.38. The van der Waals surface area contributed by atoms with Crippen molar-refractivity contribution in [3.8, 4) is 0 Å². The van der Waals surface area contributed by atoms with Crippen LogP contribution in [0.2, 0.25) is 0 Å². The molecule has 0 fully saturated rings. The topological polar surface area (TPSA) is 0 Å². The van der Waals surface area contributed by atoms with E-state index in [1.54, 1.807) is 0 Å². The van der Waals surface area contributed by atoms with Gasteiger partial charge in [0.25, 0.3) is 0 Å². The lowest BCUT2D eigenvalue weighted by Gasteiger charge is -1.84. The number of thiophene rings is 1. The lowest BCUT2D eigenvalue weighted by molar-refractivity contribution is 1.39. The van der Waals surface area contributed by atoms with E-state index in [0.717, 1.165) is 0 Å². The third-order valence-corrected chi connectivity index (χ3v) is 3.47. The molecule has 0 unspecified atom stereocenters. The smallest absolute Gasteiger partial charge is 0.0305 e. The highest BCUT2D eigenvalue weighted by Crippen LogP contribution is 2.03. The van der Waals surface area contributed by atoms with E-state index >= 15 is 0 Å². The Hall–Kier alpha value is -0.820. The average molecular weight is 192 g/mol. The van der Waals surface area contributed by atoms with Crippen LogP contribution in [0.5, 0.6) is 0 Å². The fourth-order valence-corrected chi connectivity index (χ4v) is 2.33. The zero-order valence-electron chi connectivity index (χ0n) is 8.72. The minimum absolute atomic E-state index is 1.38. The third kappa shape index (κ3) is 2.10. The monoisotopic (exact) mass is 192 g/mol. The Labute approximate surface area is 83.9 Å². The third-order valence-electron chi connectivity index (χ3n) is 2.18. The van der Waals surface area contributed by atoms with Gasteiger partial charge in [0.05, 0.1) is 0 Å². The van der Waals surface area contributed by atoms with E-state index < -0.39 is 0 Å². The van der Waals surface area contributed by atoms with Gasteiger partial charge in [-0.1, -0.05) is 24.3 Å². The molecule has 0 aromatic carbocycles. The molecule has 0 nitrogen and oxygen atoms in total. The summed E-state index contributed by atoms with van der Waals surface area (Å²) >= 11 is 1.87. The first-order valence-electron chi connectivity index (χ1n) is 4.56. The lowest BCUT2D eigenvalue weighted by Crippen LogP contribution is -2.19. The molecule has 0 atom stereocenters. The Morgan fingerprint density at radius 2 is 1.85 bits per heavy atom. The summed E-state index contributed by atoms with van der Waals surface area (Å²) in [6.07, 6.45) is 8.53. The molecule has 0 aliphatic rings. The first-order valence-corrected chi connectivity index (χ1v) is 5.37. The molecule has 1 heterocycles. The predicted octanol–water partition coefficient (Wildman–Crippen LogP) is 2.52. The van der Waals surface area contributed by atoms with E-state index in [1.807, 2.05) is 18.3 Å². The zero-order valence-corrected chi connectivity index (χ0v) is 9.53. The van der Waals surface area contributed by atoms with Gasteiger partial charge in [0.15, 0.2) is 0 Å². The Bertz CT molecular complexity index is 419. The van der Waals surface area contributed by atoms with Crippen LogP contribution in [0.15, 0.2) is 12.2 Å².